The van der Waals surface area contributed by atoms with Gasteiger partial charge in [-0.25, -0.2) is 0 Å². The van der Waals surface area contributed by atoms with E-state index in [9.17, 15) is 4.79 Å². The van der Waals surface area contributed by atoms with Crippen LogP contribution in [0.15, 0.2) is 0 Å². The summed E-state index contributed by atoms with van der Waals surface area (Å²) in [7, 11) is 2.11. The largest absolute Gasteiger partial charge is 0.340 e. The molecule has 0 aromatic carbocycles. The van der Waals surface area contributed by atoms with E-state index in [1.54, 1.807) is 0 Å². The van der Waals surface area contributed by atoms with Crippen LogP contribution in [0.1, 0.15) is 25.7 Å². The molecule has 16 heavy (non-hydrogen) atoms. The Hall–Kier alpha value is -0.610. The highest BCUT2D eigenvalue weighted by molar-refractivity contribution is 5.79. The first-order valence-corrected chi connectivity index (χ1v) is 6.41. The van der Waals surface area contributed by atoms with Crippen molar-refractivity contribution in [3.8, 4) is 0 Å². The van der Waals surface area contributed by atoms with Crippen molar-refractivity contribution in [1.82, 2.24) is 9.80 Å². The number of piperazine rings is 1. The third kappa shape index (κ3) is 2.55. The molecule has 2 unspecified atom stereocenters. The van der Waals surface area contributed by atoms with Gasteiger partial charge in [-0.3, -0.25) is 4.79 Å². The number of carbonyl (C=O) groups is 1. The molecule has 1 saturated heterocycles. The minimum atomic E-state index is 0.0946. The quantitative estimate of drug-likeness (QED) is 0.697. The van der Waals surface area contributed by atoms with E-state index in [-0.39, 0.29) is 12.0 Å². The van der Waals surface area contributed by atoms with Gasteiger partial charge in [0.2, 0.25) is 5.91 Å². The zero-order chi connectivity index (χ0) is 11.5. The zero-order valence-corrected chi connectivity index (χ0v) is 10.2. The maximum Gasteiger partial charge on any atom is 0.227 e. The fourth-order valence-electron chi connectivity index (χ4n) is 2.73. The molecule has 2 N–H and O–H groups in total. The summed E-state index contributed by atoms with van der Waals surface area (Å²) in [6, 6.07) is 0.0981. The van der Waals surface area contributed by atoms with Crippen molar-refractivity contribution in [2.45, 2.75) is 31.7 Å². The van der Waals surface area contributed by atoms with Gasteiger partial charge in [-0.15, -0.1) is 0 Å². The Kier molecular flexibility index (Phi) is 3.82. The Labute approximate surface area is 97.8 Å². The molecule has 0 radical (unpaired) electrons. The van der Waals surface area contributed by atoms with Crippen molar-refractivity contribution in [3.63, 3.8) is 0 Å². The van der Waals surface area contributed by atoms with Gasteiger partial charge >= 0.3 is 0 Å². The first kappa shape index (κ1) is 11.9. The van der Waals surface area contributed by atoms with E-state index in [0.29, 0.717) is 5.91 Å². The second-order valence-corrected chi connectivity index (χ2v) is 5.18. The first-order chi connectivity index (χ1) is 7.68. The maximum atomic E-state index is 12.3. The first-order valence-electron chi connectivity index (χ1n) is 6.41. The second kappa shape index (κ2) is 5.15. The number of carbonyl (C=O) groups excluding carboxylic acids is 1. The Bertz CT molecular complexity index is 249. The third-order valence-corrected chi connectivity index (χ3v) is 3.95. The van der Waals surface area contributed by atoms with Gasteiger partial charge in [0.1, 0.15) is 0 Å². The Morgan fingerprint density at radius 2 is 1.75 bits per heavy atom. The zero-order valence-electron chi connectivity index (χ0n) is 10.2. The van der Waals surface area contributed by atoms with Crippen molar-refractivity contribution >= 4 is 5.91 Å². The molecule has 4 nitrogen and oxygen atoms in total. The van der Waals surface area contributed by atoms with Crippen LogP contribution in [0.5, 0.6) is 0 Å². The van der Waals surface area contributed by atoms with Gasteiger partial charge in [0.15, 0.2) is 0 Å². The molecular formula is C12H23N3O. The van der Waals surface area contributed by atoms with E-state index >= 15 is 0 Å². The topological polar surface area (TPSA) is 49.6 Å². The molecule has 2 fully saturated rings. The van der Waals surface area contributed by atoms with Gasteiger partial charge in [-0.1, -0.05) is 12.8 Å². The van der Waals surface area contributed by atoms with Gasteiger partial charge in [0.05, 0.1) is 5.92 Å². The summed E-state index contributed by atoms with van der Waals surface area (Å²) in [4.78, 5) is 16.6. The summed E-state index contributed by atoms with van der Waals surface area (Å²) >= 11 is 0. The molecular weight excluding hydrogens is 202 g/mol. The summed E-state index contributed by atoms with van der Waals surface area (Å²) in [5, 5.41) is 0. The minimum absolute atomic E-state index is 0.0946. The third-order valence-electron chi connectivity index (χ3n) is 3.95. The fourth-order valence-corrected chi connectivity index (χ4v) is 2.73. The van der Waals surface area contributed by atoms with Crippen molar-refractivity contribution in [2.75, 3.05) is 33.2 Å². The van der Waals surface area contributed by atoms with E-state index < -0.39 is 0 Å². The van der Waals surface area contributed by atoms with Crippen LogP contribution in [-0.2, 0) is 4.79 Å². The van der Waals surface area contributed by atoms with E-state index in [0.717, 1.165) is 45.4 Å². The summed E-state index contributed by atoms with van der Waals surface area (Å²) in [5.41, 5.74) is 6.06. The molecule has 1 heterocycles. The summed E-state index contributed by atoms with van der Waals surface area (Å²) in [5.74, 6) is 0.400. The average Bonchev–Trinajstić information content (AvgIpc) is 2.30. The highest BCUT2D eigenvalue weighted by Gasteiger charge is 2.32. The van der Waals surface area contributed by atoms with Crippen molar-refractivity contribution < 1.29 is 4.79 Å². The molecule has 0 bridgehead atoms. The fraction of sp³-hybridized carbons (Fsp3) is 0.917. The number of rotatable bonds is 1. The molecule has 0 aromatic rings. The molecule has 4 heteroatoms. The van der Waals surface area contributed by atoms with Gasteiger partial charge in [-0.2, -0.15) is 0 Å². The van der Waals surface area contributed by atoms with Crippen LogP contribution in [-0.4, -0.2) is 55.0 Å². The molecule has 92 valence electrons. The lowest BCUT2D eigenvalue weighted by Crippen LogP contribution is -2.52. The van der Waals surface area contributed by atoms with E-state index in [1.165, 1.54) is 6.42 Å². The van der Waals surface area contributed by atoms with E-state index in [2.05, 4.69) is 11.9 Å². The van der Waals surface area contributed by atoms with E-state index in [4.69, 9.17) is 5.73 Å². The van der Waals surface area contributed by atoms with Gasteiger partial charge in [0, 0.05) is 32.2 Å². The minimum Gasteiger partial charge on any atom is -0.340 e. The second-order valence-electron chi connectivity index (χ2n) is 5.18. The molecule has 1 aliphatic heterocycles. The lowest BCUT2D eigenvalue weighted by Gasteiger charge is -2.37. The van der Waals surface area contributed by atoms with Crippen molar-refractivity contribution in [3.05, 3.63) is 0 Å². The molecule has 1 aliphatic carbocycles. The predicted molar refractivity (Wildman–Crippen MR) is 64.0 cm³/mol. The molecule has 2 rings (SSSR count). The average molecular weight is 225 g/mol. The molecule has 2 atom stereocenters. The summed E-state index contributed by atoms with van der Waals surface area (Å²) in [6.45, 7) is 3.73. The molecule has 2 aliphatic rings. The number of likely N-dealkylation sites (N-methyl/N-ethyl adjacent to an activating group) is 1. The standard InChI is InChI=1S/C12H23N3O/c1-14-6-8-15(9-7-14)12(16)10-4-2-3-5-11(10)13/h10-11H,2-9,13H2,1H3. The monoisotopic (exact) mass is 225 g/mol. The number of hydrogen-bond donors (Lipinski definition) is 1. The lowest BCUT2D eigenvalue weighted by molar-refractivity contribution is -0.138. The number of nitrogens with two attached hydrogens (primary N) is 1. The molecule has 0 aromatic heterocycles. The molecule has 0 spiro atoms. The van der Waals surface area contributed by atoms with Gasteiger partial charge in [0.25, 0.3) is 0 Å². The highest BCUT2D eigenvalue weighted by Crippen LogP contribution is 2.25. The summed E-state index contributed by atoms with van der Waals surface area (Å²) < 4.78 is 0. The van der Waals surface area contributed by atoms with Crippen LogP contribution in [0.4, 0.5) is 0 Å². The van der Waals surface area contributed by atoms with Gasteiger partial charge < -0.3 is 15.5 Å². The normalized spacial score (nSPS) is 32.8. The van der Waals surface area contributed by atoms with Crippen LogP contribution in [0, 0.1) is 5.92 Å². The maximum absolute atomic E-state index is 12.3. The SMILES string of the molecule is CN1CCN(C(=O)C2CCCCC2N)CC1. The highest BCUT2D eigenvalue weighted by atomic mass is 16.2. The van der Waals surface area contributed by atoms with Crippen LogP contribution in [0.2, 0.25) is 0 Å². The van der Waals surface area contributed by atoms with Crippen LogP contribution >= 0.6 is 0 Å². The molecule has 1 saturated carbocycles. The Morgan fingerprint density at radius 3 is 2.38 bits per heavy atom. The van der Waals surface area contributed by atoms with Gasteiger partial charge in [-0.05, 0) is 19.9 Å². The van der Waals surface area contributed by atoms with Crippen molar-refractivity contribution in [2.24, 2.45) is 11.7 Å². The molecule has 1 amide bonds. The number of hydrogen-bond acceptors (Lipinski definition) is 3. The lowest BCUT2D eigenvalue weighted by atomic mass is 9.84. The van der Waals surface area contributed by atoms with Crippen LogP contribution in [0.3, 0.4) is 0 Å². The van der Waals surface area contributed by atoms with Crippen LogP contribution < -0.4 is 5.73 Å². The van der Waals surface area contributed by atoms with Crippen LogP contribution in [0.25, 0.3) is 0 Å². The summed E-state index contributed by atoms with van der Waals surface area (Å²) in [6.07, 6.45) is 4.36. The Morgan fingerprint density at radius 1 is 1.12 bits per heavy atom. The van der Waals surface area contributed by atoms with E-state index in [1.807, 2.05) is 4.90 Å². The van der Waals surface area contributed by atoms with Crippen molar-refractivity contribution in [1.29, 1.82) is 0 Å². The Balaban J connectivity index is 1.90. The predicted octanol–water partition coefficient (Wildman–Crippen LogP) is 0.278. The number of nitrogens with zero attached hydrogens (tertiary/aromatic N) is 2. The smallest absolute Gasteiger partial charge is 0.227 e. The number of amides is 1.